The van der Waals surface area contributed by atoms with Crippen molar-refractivity contribution in [1.82, 2.24) is 0 Å². The SMILES string of the molecule is CSC1(CNc2cc(F)cc(F)c2N)CC1. The summed E-state index contributed by atoms with van der Waals surface area (Å²) in [6, 6.07) is 2.02. The fraction of sp³-hybridized carbons (Fsp3) is 0.455. The van der Waals surface area contributed by atoms with Crippen molar-refractivity contribution in [1.29, 1.82) is 0 Å². The Balaban J connectivity index is 2.09. The first-order valence-electron chi connectivity index (χ1n) is 5.10. The summed E-state index contributed by atoms with van der Waals surface area (Å²) in [5.41, 5.74) is 5.86. The Labute approximate surface area is 97.6 Å². The molecule has 1 aliphatic carbocycles. The van der Waals surface area contributed by atoms with Crippen molar-refractivity contribution >= 4 is 23.1 Å². The van der Waals surface area contributed by atoms with Crippen LogP contribution < -0.4 is 11.1 Å². The van der Waals surface area contributed by atoms with Gasteiger partial charge in [0.2, 0.25) is 0 Å². The number of halogens is 2. The third kappa shape index (κ3) is 2.24. The van der Waals surface area contributed by atoms with Crippen LogP contribution in [-0.4, -0.2) is 17.5 Å². The highest BCUT2D eigenvalue weighted by molar-refractivity contribution is 8.00. The van der Waals surface area contributed by atoms with Crippen LogP contribution in [0.5, 0.6) is 0 Å². The van der Waals surface area contributed by atoms with Crippen molar-refractivity contribution in [2.24, 2.45) is 0 Å². The van der Waals surface area contributed by atoms with Gasteiger partial charge in [-0.2, -0.15) is 11.8 Å². The van der Waals surface area contributed by atoms with Crippen molar-refractivity contribution in [2.45, 2.75) is 17.6 Å². The third-order valence-corrected chi connectivity index (χ3v) is 4.35. The quantitative estimate of drug-likeness (QED) is 0.800. The van der Waals surface area contributed by atoms with Gasteiger partial charge in [-0.25, -0.2) is 8.78 Å². The van der Waals surface area contributed by atoms with Gasteiger partial charge >= 0.3 is 0 Å². The number of benzene rings is 1. The number of nitrogens with two attached hydrogens (primary N) is 1. The Morgan fingerprint density at radius 2 is 2.12 bits per heavy atom. The van der Waals surface area contributed by atoms with E-state index >= 15 is 0 Å². The van der Waals surface area contributed by atoms with Crippen LogP contribution in [0.4, 0.5) is 20.2 Å². The highest BCUT2D eigenvalue weighted by Gasteiger charge is 2.41. The molecule has 0 saturated heterocycles. The number of thioether (sulfide) groups is 1. The molecule has 0 heterocycles. The molecular formula is C11H14F2N2S. The first-order valence-corrected chi connectivity index (χ1v) is 6.32. The summed E-state index contributed by atoms with van der Waals surface area (Å²) in [4.78, 5) is 0. The van der Waals surface area contributed by atoms with Gasteiger partial charge in [0, 0.05) is 17.4 Å². The molecule has 16 heavy (non-hydrogen) atoms. The maximum atomic E-state index is 13.1. The summed E-state index contributed by atoms with van der Waals surface area (Å²) in [5, 5.41) is 3.02. The second-order valence-corrected chi connectivity index (χ2v) is 5.36. The molecule has 0 unspecified atom stereocenters. The van der Waals surface area contributed by atoms with Gasteiger partial charge in [0.05, 0.1) is 11.4 Å². The molecule has 1 aromatic carbocycles. The molecule has 0 bridgehead atoms. The van der Waals surface area contributed by atoms with Crippen LogP contribution in [0.2, 0.25) is 0 Å². The Morgan fingerprint density at radius 3 is 2.69 bits per heavy atom. The average Bonchev–Trinajstić information content (AvgIpc) is 3.02. The highest BCUT2D eigenvalue weighted by atomic mass is 32.2. The van der Waals surface area contributed by atoms with Crippen LogP contribution in [0, 0.1) is 11.6 Å². The topological polar surface area (TPSA) is 38.0 Å². The third-order valence-electron chi connectivity index (χ3n) is 2.94. The lowest BCUT2D eigenvalue weighted by atomic mass is 10.2. The molecule has 0 amide bonds. The lowest BCUT2D eigenvalue weighted by molar-refractivity contribution is 0.587. The summed E-state index contributed by atoms with van der Waals surface area (Å²) in [5.74, 6) is -1.32. The lowest BCUT2D eigenvalue weighted by Crippen LogP contribution is -2.18. The summed E-state index contributed by atoms with van der Waals surface area (Å²) < 4.78 is 26.4. The van der Waals surface area contributed by atoms with E-state index in [1.807, 2.05) is 6.26 Å². The number of hydrogen-bond acceptors (Lipinski definition) is 3. The number of nitrogen functional groups attached to an aromatic ring is 1. The second-order valence-electron chi connectivity index (χ2n) is 4.09. The molecule has 2 rings (SSSR count). The fourth-order valence-corrected chi connectivity index (χ4v) is 2.31. The Kier molecular flexibility index (Phi) is 2.97. The number of anilines is 2. The molecular weight excluding hydrogens is 230 g/mol. The zero-order valence-corrected chi connectivity index (χ0v) is 9.83. The molecule has 1 saturated carbocycles. The van der Waals surface area contributed by atoms with Crippen LogP contribution in [0.1, 0.15) is 12.8 Å². The minimum absolute atomic E-state index is 0.0155. The zero-order chi connectivity index (χ0) is 11.8. The molecule has 0 aromatic heterocycles. The zero-order valence-electron chi connectivity index (χ0n) is 9.02. The summed E-state index contributed by atoms with van der Waals surface area (Å²) >= 11 is 1.78. The fourth-order valence-electron chi connectivity index (χ4n) is 1.58. The first kappa shape index (κ1) is 11.5. The van der Waals surface area contributed by atoms with Crippen molar-refractivity contribution in [3.8, 4) is 0 Å². The molecule has 5 heteroatoms. The minimum Gasteiger partial charge on any atom is -0.395 e. The Hall–Kier alpha value is -0.970. The van der Waals surface area contributed by atoms with Gasteiger partial charge in [-0.1, -0.05) is 0 Å². The van der Waals surface area contributed by atoms with Gasteiger partial charge in [0.1, 0.15) is 5.82 Å². The average molecular weight is 244 g/mol. The molecule has 1 aromatic rings. The lowest BCUT2D eigenvalue weighted by Gasteiger charge is -2.15. The van der Waals surface area contributed by atoms with Crippen molar-refractivity contribution in [3.63, 3.8) is 0 Å². The predicted octanol–water partition coefficient (Wildman–Crippen LogP) is 2.85. The normalized spacial score (nSPS) is 17.2. The molecule has 0 radical (unpaired) electrons. The molecule has 0 atom stereocenters. The van der Waals surface area contributed by atoms with E-state index in [1.54, 1.807) is 11.8 Å². The van der Waals surface area contributed by atoms with Crippen LogP contribution in [-0.2, 0) is 0 Å². The van der Waals surface area contributed by atoms with E-state index < -0.39 is 11.6 Å². The maximum absolute atomic E-state index is 13.1. The van der Waals surface area contributed by atoms with Crippen LogP contribution in [0.15, 0.2) is 12.1 Å². The van der Waals surface area contributed by atoms with Crippen molar-refractivity contribution in [2.75, 3.05) is 23.9 Å². The van der Waals surface area contributed by atoms with Crippen LogP contribution >= 0.6 is 11.8 Å². The van der Waals surface area contributed by atoms with Crippen LogP contribution in [0.3, 0.4) is 0 Å². The van der Waals surface area contributed by atoms with E-state index in [2.05, 4.69) is 5.32 Å². The number of hydrogen-bond donors (Lipinski definition) is 2. The molecule has 1 aliphatic rings. The molecule has 1 fully saturated rings. The van der Waals surface area contributed by atoms with E-state index in [1.165, 1.54) is 6.07 Å². The van der Waals surface area contributed by atoms with Gasteiger partial charge < -0.3 is 11.1 Å². The van der Waals surface area contributed by atoms with E-state index in [4.69, 9.17) is 5.73 Å². The van der Waals surface area contributed by atoms with Crippen molar-refractivity contribution < 1.29 is 8.78 Å². The van der Waals surface area contributed by atoms with Gasteiger partial charge in [0.15, 0.2) is 5.82 Å². The van der Waals surface area contributed by atoms with Gasteiger partial charge in [-0.05, 0) is 25.2 Å². The maximum Gasteiger partial charge on any atom is 0.151 e. The molecule has 2 nitrogen and oxygen atoms in total. The molecule has 88 valence electrons. The molecule has 3 N–H and O–H groups in total. The molecule has 0 spiro atoms. The van der Waals surface area contributed by atoms with E-state index in [-0.39, 0.29) is 10.4 Å². The molecule has 0 aliphatic heterocycles. The minimum atomic E-state index is -0.712. The standard InChI is InChI=1S/C11H14F2N2S/c1-16-11(2-3-11)6-15-9-5-7(12)4-8(13)10(9)14/h4-5,15H,2-3,6,14H2,1H3. The first-order chi connectivity index (χ1) is 7.56. The summed E-state index contributed by atoms with van der Waals surface area (Å²) in [6.07, 6.45) is 4.32. The van der Waals surface area contributed by atoms with E-state index in [0.717, 1.165) is 18.9 Å². The second kappa shape index (κ2) is 4.13. The Bertz CT molecular complexity index is 405. The van der Waals surface area contributed by atoms with E-state index in [0.29, 0.717) is 12.2 Å². The van der Waals surface area contributed by atoms with Gasteiger partial charge in [0.25, 0.3) is 0 Å². The van der Waals surface area contributed by atoms with Crippen molar-refractivity contribution in [3.05, 3.63) is 23.8 Å². The van der Waals surface area contributed by atoms with E-state index in [9.17, 15) is 8.78 Å². The van der Waals surface area contributed by atoms with Crippen LogP contribution in [0.25, 0.3) is 0 Å². The highest BCUT2D eigenvalue weighted by Crippen LogP contribution is 2.47. The monoisotopic (exact) mass is 244 g/mol. The summed E-state index contributed by atoms with van der Waals surface area (Å²) in [7, 11) is 0. The number of rotatable bonds is 4. The largest absolute Gasteiger partial charge is 0.395 e. The Morgan fingerprint density at radius 1 is 1.44 bits per heavy atom. The van der Waals surface area contributed by atoms with Gasteiger partial charge in [-0.3, -0.25) is 0 Å². The smallest absolute Gasteiger partial charge is 0.151 e. The predicted molar refractivity (Wildman–Crippen MR) is 64.7 cm³/mol. The van der Waals surface area contributed by atoms with Gasteiger partial charge in [-0.15, -0.1) is 0 Å². The number of nitrogens with one attached hydrogen (secondary N) is 1. The summed E-state index contributed by atoms with van der Waals surface area (Å²) in [6.45, 7) is 0.696.